The van der Waals surface area contributed by atoms with Crippen molar-refractivity contribution in [1.82, 2.24) is 5.32 Å². The maximum Gasteiger partial charge on any atom is 0.275 e. The number of anilines is 2. The second kappa shape index (κ2) is 7.24. The van der Waals surface area contributed by atoms with Gasteiger partial charge in [-0.05, 0) is 43.7 Å². The van der Waals surface area contributed by atoms with E-state index in [2.05, 4.69) is 5.32 Å². The van der Waals surface area contributed by atoms with Crippen LogP contribution in [0.4, 0.5) is 10.7 Å². The summed E-state index contributed by atoms with van der Waals surface area (Å²) in [5.41, 5.74) is 19.6. The first-order valence-electron chi connectivity index (χ1n) is 7.61. The van der Waals surface area contributed by atoms with Gasteiger partial charge in [-0.25, -0.2) is 0 Å². The van der Waals surface area contributed by atoms with E-state index in [1.807, 2.05) is 0 Å². The van der Waals surface area contributed by atoms with Crippen molar-refractivity contribution < 1.29 is 19.7 Å². The zero-order valence-corrected chi connectivity index (χ0v) is 15.5. The molecule has 0 saturated carbocycles. The Hall–Kier alpha value is -2.75. The number of hydrogen-bond donors (Lipinski definition) is 6. The lowest BCUT2D eigenvalue weighted by Gasteiger charge is -2.23. The summed E-state index contributed by atoms with van der Waals surface area (Å²) in [6.07, 6.45) is 0. The highest BCUT2D eigenvalue weighted by Gasteiger charge is 2.31. The SMILES string of the molecule is COc1ccc(C(O)(O)NC(=O)c2sc(N)c(/C(C)=C(/C)N)c2N)cc1. The summed E-state index contributed by atoms with van der Waals surface area (Å²) in [4.78, 5) is 12.6. The molecule has 9 heteroatoms. The molecule has 1 aromatic heterocycles. The van der Waals surface area contributed by atoms with E-state index in [0.29, 0.717) is 27.6 Å². The number of nitrogen functional groups attached to an aromatic ring is 2. The average Bonchev–Trinajstić information content (AvgIpc) is 2.88. The fraction of sp³-hybridized carbons (Fsp3) is 0.235. The molecule has 1 heterocycles. The van der Waals surface area contributed by atoms with E-state index < -0.39 is 11.8 Å². The van der Waals surface area contributed by atoms with E-state index in [4.69, 9.17) is 21.9 Å². The molecule has 0 unspecified atom stereocenters. The van der Waals surface area contributed by atoms with E-state index in [-0.39, 0.29) is 16.1 Å². The molecule has 1 amide bonds. The predicted octanol–water partition coefficient (Wildman–Crippen LogP) is 1.16. The molecule has 2 rings (SSSR count). The summed E-state index contributed by atoms with van der Waals surface area (Å²) in [6.45, 7) is 3.44. The van der Waals surface area contributed by atoms with Crippen molar-refractivity contribution in [2.24, 2.45) is 5.73 Å². The van der Waals surface area contributed by atoms with Gasteiger partial charge in [0, 0.05) is 16.8 Å². The van der Waals surface area contributed by atoms with Crippen molar-refractivity contribution in [1.29, 1.82) is 0 Å². The third-order valence-electron chi connectivity index (χ3n) is 3.93. The molecule has 0 atom stereocenters. The zero-order chi connectivity index (χ0) is 19.6. The molecule has 0 bridgehead atoms. The van der Waals surface area contributed by atoms with Crippen molar-refractivity contribution in [2.75, 3.05) is 18.6 Å². The van der Waals surface area contributed by atoms with Crippen LogP contribution < -0.4 is 27.3 Å². The van der Waals surface area contributed by atoms with Crippen LogP contribution in [-0.4, -0.2) is 23.2 Å². The Bertz CT molecular complexity index is 852. The molecule has 0 radical (unpaired) electrons. The van der Waals surface area contributed by atoms with Crippen LogP contribution >= 0.6 is 11.3 Å². The molecular formula is C17H22N4O4S. The van der Waals surface area contributed by atoms with Gasteiger partial charge >= 0.3 is 0 Å². The van der Waals surface area contributed by atoms with Crippen molar-refractivity contribution in [2.45, 2.75) is 19.8 Å². The Labute approximate surface area is 154 Å². The fourth-order valence-corrected chi connectivity index (χ4v) is 3.27. The smallest absolute Gasteiger partial charge is 0.275 e. The molecule has 0 fully saturated rings. The van der Waals surface area contributed by atoms with Crippen molar-refractivity contribution >= 4 is 33.5 Å². The average molecular weight is 378 g/mol. The maximum absolute atomic E-state index is 12.5. The van der Waals surface area contributed by atoms with Gasteiger partial charge in [-0.1, -0.05) is 0 Å². The Balaban J connectivity index is 2.32. The number of carbonyl (C=O) groups excluding carboxylic acids is 1. The van der Waals surface area contributed by atoms with E-state index in [1.54, 1.807) is 13.8 Å². The second-order valence-corrected chi connectivity index (χ2v) is 6.80. The Morgan fingerprint density at radius 3 is 2.27 bits per heavy atom. The molecular weight excluding hydrogens is 356 g/mol. The standard InChI is InChI=1S/C17H22N4O4S/c1-8(9(2)18)12-13(19)14(26-15(12)20)16(22)21-17(23,24)10-4-6-11(25-3)7-5-10/h4-7,23-24H,18-20H2,1-3H3,(H,21,22)/b9-8-. The van der Waals surface area contributed by atoms with Crippen molar-refractivity contribution in [3.8, 4) is 5.75 Å². The number of ether oxygens (including phenoxy) is 1. The first kappa shape index (κ1) is 19.6. The number of carbonyl (C=O) groups is 1. The van der Waals surface area contributed by atoms with Gasteiger partial charge in [0.15, 0.2) is 0 Å². The van der Waals surface area contributed by atoms with Crippen LogP contribution in [0.1, 0.15) is 34.6 Å². The Morgan fingerprint density at radius 1 is 1.19 bits per heavy atom. The van der Waals surface area contributed by atoms with Crippen LogP contribution in [0.25, 0.3) is 5.57 Å². The van der Waals surface area contributed by atoms with Gasteiger partial charge in [0.1, 0.15) is 10.6 Å². The van der Waals surface area contributed by atoms with Crippen LogP contribution in [0.15, 0.2) is 30.0 Å². The van der Waals surface area contributed by atoms with Gasteiger partial charge in [-0.15, -0.1) is 11.3 Å². The van der Waals surface area contributed by atoms with Gasteiger partial charge < -0.3 is 32.2 Å². The monoisotopic (exact) mass is 378 g/mol. The van der Waals surface area contributed by atoms with Gasteiger partial charge in [0.25, 0.3) is 11.8 Å². The van der Waals surface area contributed by atoms with Crippen LogP contribution in [0, 0.1) is 0 Å². The molecule has 2 aromatic rings. The highest BCUT2D eigenvalue weighted by atomic mass is 32.1. The van der Waals surface area contributed by atoms with E-state index in [9.17, 15) is 15.0 Å². The minimum Gasteiger partial charge on any atom is -0.497 e. The zero-order valence-electron chi connectivity index (χ0n) is 14.7. The molecule has 0 saturated heterocycles. The molecule has 0 aliphatic carbocycles. The normalized spacial score (nSPS) is 12.5. The number of aliphatic hydroxyl groups is 2. The Kier molecular flexibility index (Phi) is 5.45. The maximum atomic E-state index is 12.5. The summed E-state index contributed by atoms with van der Waals surface area (Å²) in [5, 5.41) is 22.9. The molecule has 8 nitrogen and oxygen atoms in total. The van der Waals surface area contributed by atoms with Crippen LogP contribution in [0.2, 0.25) is 0 Å². The molecule has 26 heavy (non-hydrogen) atoms. The molecule has 9 N–H and O–H groups in total. The topological polar surface area (TPSA) is 157 Å². The fourth-order valence-electron chi connectivity index (χ4n) is 2.33. The lowest BCUT2D eigenvalue weighted by molar-refractivity contribution is -0.185. The Morgan fingerprint density at radius 2 is 1.77 bits per heavy atom. The quantitative estimate of drug-likeness (QED) is 0.426. The molecule has 0 spiro atoms. The number of hydrogen-bond acceptors (Lipinski definition) is 8. The number of methoxy groups -OCH3 is 1. The van der Waals surface area contributed by atoms with E-state index in [0.717, 1.165) is 11.3 Å². The number of nitrogens with one attached hydrogen (secondary N) is 1. The number of allylic oxidation sites excluding steroid dienone is 2. The first-order valence-corrected chi connectivity index (χ1v) is 8.43. The summed E-state index contributed by atoms with van der Waals surface area (Å²) in [6, 6.07) is 5.91. The van der Waals surface area contributed by atoms with Crippen molar-refractivity contribution in [3.05, 3.63) is 46.0 Å². The van der Waals surface area contributed by atoms with Gasteiger partial charge in [0.2, 0.25) is 0 Å². The number of rotatable bonds is 5. The second-order valence-electron chi connectivity index (χ2n) is 5.75. The number of thiophene rings is 1. The number of nitrogens with two attached hydrogens (primary N) is 3. The summed E-state index contributed by atoms with van der Waals surface area (Å²) < 4.78 is 5.01. The molecule has 0 aliphatic rings. The largest absolute Gasteiger partial charge is 0.497 e. The van der Waals surface area contributed by atoms with E-state index in [1.165, 1.54) is 31.4 Å². The predicted molar refractivity (Wildman–Crippen MR) is 102 cm³/mol. The highest BCUT2D eigenvalue weighted by molar-refractivity contribution is 7.18. The molecule has 1 aromatic carbocycles. The van der Waals surface area contributed by atoms with Crippen LogP contribution in [0.5, 0.6) is 5.75 Å². The third-order valence-corrected chi connectivity index (χ3v) is 4.96. The minimum absolute atomic E-state index is 0.0591. The van der Waals surface area contributed by atoms with Gasteiger partial charge in [-0.3, -0.25) is 10.1 Å². The summed E-state index contributed by atoms with van der Waals surface area (Å²) in [5.74, 6) is -2.83. The minimum atomic E-state index is -2.59. The van der Waals surface area contributed by atoms with Crippen LogP contribution in [0.3, 0.4) is 0 Å². The lowest BCUT2D eigenvalue weighted by atomic mass is 10.1. The van der Waals surface area contributed by atoms with Crippen molar-refractivity contribution in [3.63, 3.8) is 0 Å². The van der Waals surface area contributed by atoms with Gasteiger partial charge in [0.05, 0.1) is 17.8 Å². The van der Waals surface area contributed by atoms with Gasteiger partial charge in [-0.2, -0.15) is 0 Å². The third kappa shape index (κ3) is 3.74. The highest BCUT2D eigenvalue weighted by Crippen LogP contribution is 2.39. The lowest BCUT2D eigenvalue weighted by Crippen LogP contribution is -2.45. The molecule has 0 aliphatic heterocycles. The van der Waals surface area contributed by atoms with Crippen LogP contribution in [-0.2, 0) is 5.91 Å². The first-order chi connectivity index (χ1) is 12.1. The number of benzene rings is 1. The summed E-state index contributed by atoms with van der Waals surface area (Å²) >= 11 is 0.946. The van der Waals surface area contributed by atoms with E-state index >= 15 is 0 Å². The number of amides is 1. The molecule has 140 valence electrons. The summed E-state index contributed by atoms with van der Waals surface area (Å²) in [7, 11) is 1.49.